The van der Waals surface area contributed by atoms with Gasteiger partial charge in [-0.2, -0.15) is 0 Å². The molecule has 0 amide bonds. The summed E-state index contributed by atoms with van der Waals surface area (Å²) in [6, 6.07) is 7.63. The van der Waals surface area contributed by atoms with Gasteiger partial charge in [-0.15, -0.1) is 0 Å². The zero-order valence-corrected chi connectivity index (χ0v) is 9.05. The van der Waals surface area contributed by atoms with Gasteiger partial charge in [0, 0.05) is 0 Å². The molecular weight excluding hydrogens is 208 g/mol. The van der Waals surface area contributed by atoms with Gasteiger partial charge in [0.2, 0.25) is 0 Å². The average Bonchev–Trinajstić information content (AvgIpc) is 2.30. The van der Waals surface area contributed by atoms with Crippen LogP contribution in [-0.4, -0.2) is 30.4 Å². The smallest absolute Gasteiger partial charge is 0.335 e. The summed E-state index contributed by atoms with van der Waals surface area (Å²) in [5.74, 6) is -0.981. The van der Waals surface area contributed by atoms with Crippen molar-refractivity contribution >= 4 is 5.97 Å². The molecule has 0 spiro atoms. The molecule has 2 rings (SSSR count). The van der Waals surface area contributed by atoms with Crippen molar-refractivity contribution in [3.63, 3.8) is 0 Å². The standard InChI is InChI=1S/C12H14O4/c1-8-2-4-9(5-3-8)10-11(12(13)14)16-7-6-15-10/h2-5,10-11H,6-7H2,1H3,(H,13,14)/t10-,11+/m1/s1. The molecule has 2 atom stereocenters. The Bertz CT molecular complexity index is 371. The normalized spacial score (nSPS) is 25.3. The number of ether oxygens (including phenoxy) is 2. The third-order valence-electron chi connectivity index (χ3n) is 2.60. The lowest BCUT2D eigenvalue weighted by atomic mass is 10.0. The molecule has 4 nitrogen and oxygen atoms in total. The van der Waals surface area contributed by atoms with Crippen LogP contribution in [0.5, 0.6) is 0 Å². The van der Waals surface area contributed by atoms with Crippen molar-refractivity contribution in [2.75, 3.05) is 13.2 Å². The molecule has 16 heavy (non-hydrogen) atoms. The average molecular weight is 222 g/mol. The Morgan fingerprint density at radius 3 is 2.50 bits per heavy atom. The van der Waals surface area contributed by atoms with E-state index in [2.05, 4.69) is 0 Å². The molecule has 1 aliphatic heterocycles. The summed E-state index contributed by atoms with van der Waals surface area (Å²) in [5, 5.41) is 9.02. The molecule has 86 valence electrons. The first-order valence-electron chi connectivity index (χ1n) is 5.21. The molecule has 1 saturated heterocycles. The molecule has 4 heteroatoms. The van der Waals surface area contributed by atoms with Gasteiger partial charge in [0.25, 0.3) is 0 Å². The summed E-state index contributed by atoms with van der Waals surface area (Å²) in [6.07, 6.45) is -1.41. The molecule has 0 saturated carbocycles. The quantitative estimate of drug-likeness (QED) is 0.824. The fraction of sp³-hybridized carbons (Fsp3) is 0.417. The van der Waals surface area contributed by atoms with Gasteiger partial charge in [0.15, 0.2) is 6.10 Å². The fourth-order valence-electron chi connectivity index (χ4n) is 1.75. The number of aliphatic carboxylic acids is 1. The van der Waals surface area contributed by atoms with Crippen LogP contribution >= 0.6 is 0 Å². The van der Waals surface area contributed by atoms with Crippen molar-refractivity contribution in [2.24, 2.45) is 0 Å². The summed E-state index contributed by atoms with van der Waals surface area (Å²) in [6.45, 7) is 2.75. The lowest BCUT2D eigenvalue weighted by Crippen LogP contribution is -2.38. The second-order valence-corrected chi connectivity index (χ2v) is 3.83. The lowest BCUT2D eigenvalue weighted by Gasteiger charge is -2.29. The second-order valence-electron chi connectivity index (χ2n) is 3.83. The Kier molecular flexibility index (Phi) is 3.22. The fourth-order valence-corrected chi connectivity index (χ4v) is 1.75. The zero-order valence-electron chi connectivity index (χ0n) is 9.05. The van der Waals surface area contributed by atoms with Crippen molar-refractivity contribution in [1.29, 1.82) is 0 Å². The summed E-state index contributed by atoms with van der Waals surface area (Å²) in [5.41, 5.74) is 1.98. The predicted molar refractivity (Wildman–Crippen MR) is 57.2 cm³/mol. The van der Waals surface area contributed by atoms with Crippen LogP contribution in [0, 0.1) is 6.92 Å². The second kappa shape index (κ2) is 4.63. The summed E-state index contributed by atoms with van der Waals surface area (Å²) in [4.78, 5) is 11.0. The van der Waals surface area contributed by atoms with Crippen LogP contribution in [0.1, 0.15) is 17.2 Å². The molecule has 0 bridgehead atoms. The van der Waals surface area contributed by atoms with Gasteiger partial charge < -0.3 is 14.6 Å². The first kappa shape index (κ1) is 11.1. The molecule has 0 aliphatic carbocycles. The molecule has 1 fully saturated rings. The summed E-state index contributed by atoms with van der Waals surface area (Å²) in [7, 11) is 0. The van der Waals surface area contributed by atoms with E-state index in [0.717, 1.165) is 11.1 Å². The largest absolute Gasteiger partial charge is 0.479 e. The minimum absolute atomic E-state index is 0.333. The van der Waals surface area contributed by atoms with Gasteiger partial charge in [-0.25, -0.2) is 4.79 Å². The van der Waals surface area contributed by atoms with Gasteiger partial charge in [0.1, 0.15) is 6.10 Å². The molecule has 1 N–H and O–H groups in total. The number of hydrogen-bond acceptors (Lipinski definition) is 3. The van der Waals surface area contributed by atoms with Crippen molar-refractivity contribution < 1.29 is 19.4 Å². The minimum atomic E-state index is -0.981. The molecule has 1 aromatic rings. The Morgan fingerprint density at radius 2 is 1.88 bits per heavy atom. The monoisotopic (exact) mass is 222 g/mol. The predicted octanol–water partition coefficient (Wildman–Crippen LogP) is 1.54. The van der Waals surface area contributed by atoms with E-state index in [0.29, 0.717) is 13.2 Å². The summed E-state index contributed by atoms with van der Waals surface area (Å²) >= 11 is 0. The summed E-state index contributed by atoms with van der Waals surface area (Å²) < 4.78 is 10.7. The van der Waals surface area contributed by atoms with Crippen LogP contribution in [0.25, 0.3) is 0 Å². The minimum Gasteiger partial charge on any atom is -0.479 e. The third kappa shape index (κ3) is 2.23. The number of aryl methyl sites for hydroxylation is 1. The maximum absolute atomic E-state index is 11.0. The number of carboxylic acid groups (broad SMARTS) is 1. The van der Waals surface area contributed by atoms with E-state index < -0.39 is 18.2 Å². The van der Waals surface area contributed by atoms with Crippen molar-refractivity contribution in [1.82, 2.24) is 0 Å². The molecule has 1 heterocycles. The molecule has 0 radical (unpaired) electrons. The lowest BCUT2D eigenvalue weighted by molar-refractivity contribution is -0.181. The van der Waals surface area contributed by atoms with Crippen molar-refractivity contribution in [2.45, 2.75) is 19.1 Å². The van der Waals surface area contributed by atoms with Gasteiger partial charge in [-0.3, -0.25) is 0 Å². The van der Waals surface area contributed by atoms with E-state index in [9.17, 15) is 4.79 Å². The van der Waals surface area contributed by atoms with Crippen molar-refractivity contribution in [3.05, 3.63) is 35.4 Å². The van der Waals surface area contributed by atoms with E-state index in [1.807, 2.05) is 31.2 Å². The van der Waals surface area contributed by atoms with E-state index in [4.69, 9.17) is 14.6 Å². The number of carbonyl (C=O) groups is 1. The van der Waals surface area contributed by atoms with Gasteiger partial charge in [0.05, 0.1) is 13.2 Å². The third-order valence-corrected chi connectivity index (χ3v) is 2.60. The van der Waals surface area contributed by atoms with Crippen LogP contribution in [0.4, 0.5) is 0 Å². The maximum Gasteiger partial charge on any atom is 0.335 e. The topological polar surface area (TPSA) is 55.8 Å². The highest BCUT2D eigenvalue weighted by Crippen LogP contribution is 2.27. The molecule has 0 aromatic heterocycles. The number of hydrogen-bond donors (Lipinski definition) is 1. The highest BCUT2D eigenvalue weighted by atomic mass is 16.6. The molecule has 1 aromatic carbocycles. The maximum atomic E-state index is 11.0. The zero-order chi connectivity index (χ0) is 11.5. The molecule has 1 aliphatic rings. The first-order valence-corrected chi connectivity index (χ1v) is 5.21. The van der Waals surface area contributed by atoms with Crippen molar-refractivity contribution in [3.8, 4) is 0 Å². The van der Waals surface area contributed by atoms with E-state index in [-0.39, 0.29) is 0 Å². The highest BCUT2D eigenvalue weighted by molar-refractivity contribution is 5.73. The molecular formula is C12H14O4. The Morgan fingerprint density at radius 1 is 1.25 bits per heavy atom. The van der Waals surface area contributed by atoms with Gasteiger partial charge >= 0.3 is 5.97 Å². The SMILES string of the molecule is Cc1ccc([C@H]2OCCO[C@@H]2C(=O)O)cc1. The molecule has 0 unspecified atom stereocenters. The number of carboxylic acids is 1. The Hall–Kier alpha value is -1.39. The van der Waals surface area contributed by atoms with Crippen LogP contribution in [0.2, 0.25) is 0 Å². The van der Waals surface area contributed by atoms with Gasteiger partial charge in [-0.1, -0.05) is 29.8 Å². The van der Waals surface area contributed by atoms with Crippen LogP contribution < -0.4 is 0 Å². The highest BCUT2D eigenvalue weighted by Gasteiger charge is 2.33. The van der Waals surface area contributed by atoms with E-state index in [1.165, 1.54) is 0 Å². The van der Waals surface area contributed by atoms with Crippen LogP contribution in [0.3, 0.4) is 0 Å². The Labute approximate surface area is 93.8 Å². The van der Waals surface area contributed by atoms with E-state index in [1.54, 1.807) is 0 Å². The Balaban J connectivity index is 2.23. The van der Waals surface area contributed by atoms with E-state index >= 15 is 0 Å². The first-order chi connectivity index (χ1) is 7.68. The number of rotatable bonds is 2. The van der Waals surface area contributed by atoms with Crippen LogP contribution in [-0.2, 0) is 14.3 Å². The van der Waals surface area contributed by atoms with Gasteiger partial charge in [-0.05, 0) is 12.5 Å². The number of benzene rings is 1. The van der Waals surface area contributed by atoms with Crippen LogP contribution in [0.15, 0.2) is 24.3 Å².